The van der Waals surface area contributed by atoms with E-state index in [2.05, 4.69) is 15.6 Å². The highest BCUT2D eigenvalue weighted by atomic mass is 16.6. The van der Waals surface area contributed by atoms with Crippen molar-refractivity contribution in [1.29, 1.82) is 0 Å². The molecule has 0 bridgehead atoms. The number of benzene rings is 1. The maximum Gasteiger partial charge on any atom is 0.426 e. The SMILES string of the molecule is CCOC(=O)NNC(=O)Cc1ccc2c(c1)OCCO2. The summed E-state index contributed by atoms with van der Waals surface area (Å²) < 4.78 is 15.4. The first kappa shape index (κ1) is 14.0. The second kappa shape index (κ2) is 6.65. The minimum Gasteiger partial charge on any atom is -0.486 e. The first-order chi connectivity index (χ1) is 9.69. The molecule has 0 saturated heterocycles. The summed E-state index contributed by atoms with van der Waals surface area (Å²) in [5.41, 5.74) is 5.17. The Bertz CT molecular complexity index is 504. The molecule has 1 aliphatic rings. The van der Waals surface area contributed by atoms with Gasteiger partial charge in [-0.25, -0.2) is 10.2 Å². The molecule has 0 spiro atoms. The van der Waals surface area contributed by atoms with Crippen molar-refractivity contribution in [3.8, 4) is 11.5 Å². The summed E-state index contributed by atoms with van der Waals surface area (Å²) >= 11 is 0. The van der Waals surface area contributed by atoms with Crippen LogP contribution in [0.15, 0.2) is 18.2 Å². The highest BCUT2D eigenvalue weighted by molar-refractivity contribution is 5.81. The molecule has 1 aromatic rings. The Morgan fingerprint density at radius 2 is 1.95 bits per heavy atom. The van der Waals surface area contributed by atoms with E-state index in [1.807, 2.05) is 0 Å². The Hall–Kier alpha value is -2.44. The fourth-order valence-corrected chi connectivity index (χ4v) is 1.72. The van der Waals surface area contributed by atoms with Gasteiger partial charge in [0.15, 0.2) is 11.5 Å². The number of rotatable bonds is 3. The molecule has 0 saturated carbocycles. The normalized spacial score (nSPS) is 12.4. The highest BCUT2D eigenvalue weighted by Gasteiger charge is 2.13. The topological polar surface area (TPSA) is 85.9 Å². The Morgan fingerprint density at radius 1 is 1.20 bits per heavy atom. The molecule has 0 aromatic heterocycles. The van der Waals surface area contributed by atoms with Gasteiger partial charge in [0, 0.05) is 0 Å². The van der Waals surface area contributed by atoms with Crippen LogP contribution < -0.4 is 20.3 Å². The summed E-state index contributed by atoms with van der Waals surface area (Å²) in [5, 5.41) is 0. The lowest BCUT2D eigenvalue weighted by atomic mass is 10.1. The second-order valence-electron chi connectivity index (χ2n) is 4.05. The van der Waals surface area contributed by atoms with Gasteiger partial charge in [0.1, 0.15) is 13.2 Å². The van der Waals surface area contributed by atoms with Crippen molar-refractivity contribution >= 4 is 12.0 Å². The Morgan fingerprint density at radius 3 is 2.70 bits per heavy atom. The predicted molar refractivity (Wildman–Crippen MR) is 69.4 cm³/mol. The molecule has 2 amide bonds. The summed E-state index contributed by atoms with van der Waals surface area (Å²) in [4.78, 5) is 22.6. The summed E-state index contributed by atoms with van der Waals surface area (Å²) in [5.74, 6) is 0.944. The summed E-state index contributed by atoms with van der Waals surface area (Å²) in [6.45, 7) is 2.93. The molecule has 2 rings (SSSR count). The number of fused-ring (bicyclic) bond motifs is 1. The largest absolute Gasteiger partial charge is 0.486 e. The van der Waals surface area contributed by atoms with Crippen molar-refractivity contribution in [2.45, 2.75) is 13.3 Å². The van der Waals surface area contributed by atoms with Crippen LogP contribution in [0.3, 0.4) is 0 Å². The smallest absolute Gasteiger partial charge is 0.426 e. The second-order valence-corrected chi connectivity index (χ2v) is 4.05. The highest BCUT2D eigenvalue weighted by Crippen LogP contribution is 2.30. The van der Waals surface area contributed by atoms with E-state index in [0.29, 0.717) is 24.7 Å². The summed E-state index contributed by atoms with van der Waals surface area (Å²) in [7, 11) is 0. The van der Waals surface area contributed by atoms with Crippen LogP contribution in [-0.2, 0) is 16.0 Å². The number of nitrogens with one attached hydrogen (secondary N) is 2. The molecule has 7 heteroatoms. The zero-order valence-electron chi connectivity index (χ0n) is 11.1. The first-order valence-corrected chi connectivity index (χ1v) is 6.29. The number of carbonyl (C=O) groups excluding carboxylic acids is 2. The van der Waals surface area contributed by atoms with E-state index in [1.165, 1.54) is 0 Å². The van der Waals surface area contributed by atoms with Crippen molar-refractivity contribution in [3.63, 3.8) is 0 Å². The van der Waals surface area contributed by atoms with Gasteiger partial charge in [0.25, 0.3) is 0 Å². The fourth-order valence-electron chi connectivity index (χ4n) is 1.72. The van der Waals surface area contributed by atoms with Crippen LogP contribution in [0.25, 0.3) is 0 Å². The van der Waals surface area contributed by atoms with Gasteiger partial charge in [-0.15, -0.1) is 0 Å². The molecule has 1 aliphatic heterocycles. The third kappa shape index (κ3) is 3.78. The molecular formula is C13H16N2O5. The lowest BCUT2D eigenvalue weighted by Gasteiger charge is -2.18. The van der Waals surface area contributed by atoms with Gasteiger partial charge in [-0.1, -0.05) is 6.07 Å². The van der Waals surface area contributed by atoms with Gasteiger partial charge in [-0.05, 0) is 24.6 Å². The number of hydrogen-bond acceptors (Lipinski definition) is 5. The molecule has 1 aromatic carbocycles. The van der Waals surface area contributed by atoms with Crippen molar-refractivity contribution < 1.29 is 23.8 Å². The molecule has 2 N–H and O–H groups in total. The van der Waals surface area contributed by atoms with Crippen LogP contribution in [-0.4, -0.2) is 31.8 Å². The minimum absolute atomic E-state index is 0.114. The molecule has 0 radical (unpaired) electrons. The third-order valence-electron chi connectivity index (χ3n) is 2.55. The van der Waals surface area contributed by atoms with Crippen LogP contribution in [0.5, 0.6) is 11.5 Å². The Balaban J connectivity index is 1.86. The molecule has 0 atom stereocenters. The van der Waals surface area contributed by atoms with E-state index < -0.39 is 6.09 Å². The Labute approximate surface area is 116 Å². The zero-order chi connectivity index (χ0) is 14.4. The number of hydrazine groups is 1. The van der Waals surface area contributed by atoms with E-state index in [4.69, 9.17) is 9.47 Å². The van der Waals surface area contributed by atoms with Gasteiger partial charge >= 0.3 is 6.09 Å². The van der Waals surface area contributed by atoms with Gasteiger partial charge in [0.2, 0.25) is 5.91 Å². The van der Waals surface area contributed by atoms with E-state index in [9.17, 15) is 9.59 Å². The van der Waals surface area contributed by atoms with E-state index in [0.717, 1.165) is 5.56 Å². The average molecular weight is 280 g/mol. The average Bonchev–Trinajstić information content (AvgIpc) is 2.45. The number of hydrogen-bond donors (Lipinski definition) is 2. The third-order valence-corrected chi connectivity index (χ3v) is 2.55. The maximum atomic E-state index is 11.6. The first-order valence-electron chi connectivity index (χ1n) is 6.29. The van der Waals surface area contributed by atoms with Crippen LogP contribution in [0.4, 0.5) is 4.79 Å². The zero-order valence-corrected chi connectivity index (χ0v) is 11.1. The van der Waals surface area contributed by atoms with Gasteiger partial charge in [-0.2, -0.15) is 0 Å². The van der Waals surface area contributed by atoms with Crippen LogP contribution in [0.2, 0.25) is 0 Å². The summed E-state index contributed by atoms with van der Waals surface area (Å²) in [6, 6.07) is 5.28. The van der Waals surface area contributed by atoms with Gasteiger partial charge < -0.3 is 14.2 Å². The molecule has 7 nitrogen and oxygen atoms in total. The maximum absolute atomic E-state index is 11.6. The van der Waals surface area contributed by atoms with Crippen LogP contribution in [0, 0.1) is 0 Å². The summed E-state index contributed by atoms with van der Waals surface area (Å²) in [6.07, 6.45) is -0.578. The van der Waals surface area contributed by atoms with Gasteiger partial charge in [0.05, 0.1) is 13.0 Å². The van der Waals surface area contributed by atoms with E-state index >= 15 is 0 Å². The van der Waals surface area contributed by atoms with Gasteiger partial charge in [-0.3, -0.25) is 10.2 Å². The van der Waals surface area contributed by atoms with E-state index in [-0.39, 0.29) is 18.9 Å². The molecule has 108 valence electrons. The van der Waals surface area contributed by atoms with Crippen molar-refractivity contribution in [2.75, 3.05) is 19.8 Å². The van der Waals surface area contributed by atoms with Crippen molar-refractivity contribution in [2.24, 2.45) is 0 Å². The van der Waals surface area contributed by atoms with Crippen molar-refractivity contribution in [1.82, 2.24) is 10.9 Å². The quantitative estimate of drug-likeness (QED) is 0.799. The molecular weight excluding hydrogens is 264 g/mol. The molecule has 1 heterocycles. The lowest BCUT2D eigenvalue weighted by molar-refractivity contribution is -0.121. The Kier molecular flexibility index (Phi) is 4.65. The molecule has 20 heavy (non-hydrogen) atoms. The molecule has 0 fully saturated rings. The monoisotopic (exact) mass is 280 g/mol. The van der Waals surface area contributed by atoms with E-state index in [1.54, 1.807) is 25.1 Å². The fraction of sp³-hybridized carbons (Fsp3) is 0.385. The predicted octanol–water partition coefficient (Wildman–Crippen LogP) is 0.778. The number of ether oxygens (including phenoxy) is 3. The van der Waals surface area contributed by atoms with Crippen LogP contribution >= 0.6 is 0 Å². The number of carbonyl (C=O) groups is 2. The standard InChI is InChI=1S/C13H16N2O5/c1-2-18-13(17)15-14-12(16)8-9-3-4-10-11(7-9)20-6-5-19-10/h3-4,7H,2,5-6,8H2,1H3,(H,14,16)(H,15,17). The number of amides is 2. The molecule has 0 aliphatic carbocycles. The minimum atomic E-state index is -0.692. The molecule has 0 unspecified atom stereocenters. The van der Waals surface area contributed by atoms with Crippen molar-refractivity contribution in [3.05, 3.63) is 23.8 Å². The lowest BCUT2D eigenvalue weighted by Crippen LogP contribution is -2.42. The van der Waals surface area contributed by atoms with Crippen LogP contribution in [0.1, 0.15) is 12.5 Å².